The van der Waals surface area contributed by atoms with Gasteiger partial charge in [-0.1, -0.05) is 30.3 Å². The summed E-state index contributed by atoms with van der Waals surface area (Å²) < 4.78 is 63.5. The molecule has 3 aliphatic rings. The maximum atomic E-state index is 13.1. The number of carboxylic acids is 2. The van der Waals surface area contributed by atoms with Gasteiger partial charge in [0, 0.05) is 51.4 Å². The number of likely N-dealkylation sites (tertiary alicyclic amines) is 1. The van der Waals surface area contributed by atoms with Gasteiger partial charge in [-0.3, -0.25) is 9.59 Å². The topological polar surface area (TPSA) is 131 Å². The van der Waals surface area contributed by atoms with Crippen molar-refractivity contribution >= 4 is 23.8 Å². The van der Waals surface area contributed by atoms with Crippen LogP contribution in [-0.2, 0) is 19.8 Å². The lowest BCUT2D eigenvalue weighted by molar-refractivity contribution is -0.193. The summed E-state index contributed by atoms with van der Waals surface area (Å²) in [5.41, 5.74) is 4.22. The highest BCUT2D eigenvalue weighted by Crippen LogP contribution is 2.52. The molecule has 2 saturated heterocycles. The lowest BCUT2D eigenvalue weighted by Crippen LogP contribution is -2.47. The van der Waals surface area contributed by atoms with Crippen LogP contribution in [0.15, 0.2) is 42.5 Å². The molecule has 1 spiro atoms. The number of aryl methyl sites for hydroxylation is 1. The number of carbonyl (C=O) groups excluding carboxylic acids is 2. The number of halogens is 6. The first kappa shape index (κ1) is 37.2. The Morgan fingerprint density at radius 1 is 0.809 bits per heavy atom. The van der Waals surface area contributed by atoms with Crippen molar-refractivity contribution in [1.82, 2.24) is 19.7 Å². The predicted molar refractivity (Wildman–Crippen MR) is 156 cm³/mol. The van der Waals surface area contributed by atoms with Gasteiger partial charge in [0.05, 0.1) is 0 Å². The van der Waals surface area contributed by atoms with Crippen molar-refractivity contribution in [2.45, 2.75) is 56.3 Å². The van der Waals surface area contributed by atoms with E-state index in [4.69, 9.17) is 19.8 Å². The molecule has 0 radical (unpaired) electrons. The number of hydrogen-bond donors (Lipinski definition) is 2. The Kier molecular flexibility index (Phi) is 12.0. The number of rotatable bonds is 3. The lowest BCUT2D eigenvalue weighted by atomic mass is 9.73. The van der Waals surface area contributed by atoms with Crippen LogP contribution in [0.2, 0.25) is 0 Å². The zero-order valence-electron chi connectivity index (χ0n) is 25.8. The average Bonchev–Trinajstić information content (AvgIpc) is 3.29. The smallest absolute Gasteiger partial charge is 0.475 e. The third-order valence-electron chi connectivity index (χ3n) is 8.49. The molecule has 1 aliphatic carbocycles. The zero-order chi connectivity index (χ0) is 35.2. The van der Waals surface area contributed by atoms with Crippen molar-refractivity contribution in [3.05, 3.63) is 65.0 Å². The lowest BCUT2D eigenvalue weighted by Gasteiger charge is -2.40. The van der Waals surface area contributed by atoms with Gasteiger partial charge in [0.25, 0.3) is 5.91 Å². The second kappa shape index (κ2) is 15.1. The second-order valence-corrected chi connectivity index (χ2v) is 11.7. The molecular formula is C31H36F6N4O6. The molecule has 2 aliphatic heterocycles. The summed E-state index contributed by atoms with van der Waals surface area (Å²) in [6.45, 7) is 6.97. The number of alkyl halides is 6. The van der Waals surface area contributed by atoms with Gasteiger partial charge in [-0.2, -0.15) is 26.3 Å². The fourth-order valence-electron chi connectivity index (χ4n) is 6.04. The third kappa shape index (κ3) is 9.89. The first-order valence-corrected chi connectivity index (χ1v) is 14.7. The minimum Gasteiger partial charge on any atom is -0.475 e. The Labute approximate surface area is 267 Å². The van der Waals surface area contributed by atoms with Crippen LogP contribution in [0.4, 0.5) is 26.3 Å². The first-order valence-electron chi connectivity index (χ1n) is 14.7. The Bertz CT molecular complexity index is 1410. The number of nitrogens with zero attached hydrogens (tertiary/aromatic N) is 4. The van der Waals surface area contributed by atoms with Gasteiger partial charge in [0.15, 0.2) is 0 Å². The average molecular weight is 675 g/mol. The molecule has 1 unspecified atom stereocenters. The number of amides is 2. The van der Waals surface area contributed by atoms with Gasteiger partial charge in [0.2, 0.25) is 5.91 Å². The molecule has 0 saturated carbocycles. The summed E-state index contributed by atoms with van der Waals surface area (Å²) in [6.07, 6.45) is -6.67. The Balaban J connectivity index is 0.000000360. The molecule has 1 atom stereocenters. The quantitative estimate of drug-likeness (QED) is 0.456. The van der Waals surface area contributed by atoms with Crippen molar-refractivity contribution in [1.29, 1.82) is 0 Å². The predicted octanol–water partition coefficient (Wildman–Crippen LogP) is 4.48. The van der Waals surface area contributed by atoms with E-state index < -0.39 is 24.3 Å². The molecule has 2 fully saturated rings. The summed E-state index contributed by atoms with van der Waals surface area (Å²) in [5, 5.41) is 14.2. The maximum absolute atomic E-state index is 13.1. The molecule has 2 aromatic rings. The van der Waals surface area contributed by atoms with Gasteiger partial charge >= 0.3 is 24.3 Å². The first-order chi connectivity index (χ1) is 21.8. The standard InChI is InChI=1S/C27H34N4O2.2C2HF3O2/c1-20-6-5-9-24(28-20)26(33)31-12-10-27(11-13-31)19-21(22-7-3-4-8-23(22)27)18-25(32)30-16-14-29(2)15-17-30;2*3-2(4,5)1(6)7/h3-9,21H,10-19H2,1-2H3;2*(H,6,7). The van der Waals surface area contributed by atoms with Crippen LogP contribution in [0, 0.1) is 6.92 Å². The number of pyridine rings is 1. The van der Waals surface area contributed by atoms with E-state index in [1.54, 1.807) is 0 Å². The van der Waals surface area contributed by atoms with Gasteiger partial charge in [0.1, 0.15) is 5.69 Å². The number of carboxylic acid groups (broad SMARTS) is 2. The minimum atomic E-state index is -5.08. The monoisotopic (exact) mass is 674 g/mol. The summed E-state index contributed by atoms with van der Waals surface area (Å²) in [4.78, 5) is 54.6. The van der Waals surface area contributed by atoms with E-state index >= 15 is 0 Å². The minimum absolute atomic E-state index is 0.0293. The molecule has 2 N–H and O–H groups in total. The number of likely N-dealkylation sites (N-methyl/N-ethyl adjacent to an activating group) is 1. The molecule has 1 aromatic heterocycles. The largest absolute Gasteiger partial charge is 0.490 e. The summed E-state index contributed by atoms with van der Waals surface area (Å²) in [7, 11) is 2.12. The molecule has 3 heterocycles. The molecule has 258 valence electrons. The number of hydrogen-bond acceptors (Lipinski definition) is 6. The van der Waals surface area contributed by atoms with Gasteiger partial charge in [-0.25, -0.2) is 14.6 Å². The van der Waals surface area contributed by atoms with Crippen LogP contribution in [0.3, 0.4) is 0 Å². The third-order valence-corrected chi connectivity index (χ3v) is 8.49. The SMILES string of the molecule is Cc1cccc(C(=O)N2CCC3(CC2)CC(CC(=O)N2CCN(C)CC2)c2ccccc23)n1.O=C(O)C(F)(F)F.O=C(O)C(F)(F)F. The van der Waals surface area contributed by atoms with E-state index in [0.717, 1.165) is 64.2 Å². The highest BCUT2D eigenvalue weighted by atomic mass is 19.4. The number of piperazine rings is 1. The molecule has 1 aromatic carbocycles. The van der Waals surface area contributed by atoms with Crippen molar-refractivity contribution in [3.8, 4) is 0 Å². The number of fused-ring (bicyclic) bond motifs is 2. The van der Waals surface area contributed by atoms with Crippen molar-refractivity contribution in [3.63, 3.8) is 0 Å². The van der Waals surface area contributed by atoms with E-state index in [2.05, 4.69) is 41.2 Å². The normalized spacial score (nSPS) is 19.1. The van der Waals surface area contributed by atoms with Crippen LogP contribution >= 0.6 is 0 Å². The van der Waals surface area contributed by atoms with E-state index in [9.17, 15) is 35.9 Å². The van der Waals surface area contributed by atoms with Crippen LogP contribution in [0.5, 0.6) is 0 Å². The summed E-state index contributed by atoms with van der Waals surface area (Å²) in [5.74, 6) is -4.92. The highest BCUT2D eigenvalue weighted by molar-refractivity contribution is 5.92. The van der Waals surface area contributed by atoms with Crippen molar-refractivity contribution in [2.75, 3.05) is 46.3 Å². The number of aromatic nitrogens is 1. The number of carbonyl (C=O) groups is 4. The van der Waals surface area contributed by atoms with Crippen LogP contribution in [-0.4, -0.2) is 112 Å². The maximum Gasteiger partial charge on any atom is 0.490 e. The summed E-state index contributed by atoms with van der Waals surface area (Å²) in [6, 6.07) is 14.3. The fraction of sp³-hybridized carbons (Fsp3) is 0.516. The van der Waals surface area contributed by atoms with Crippen molar-refractivity contribution in [2.24, 2.45) is 0 Å². The van der Waals surface area contributed by atoms with Crippen LogP contribution < -0.4 is 0 Å². The van der Waals surface area contributed by atoms with Gasteiger partial charge in [-0.05, 0) is 67.8 Å². The second-order valence-electron chi connectivity index (χ2n) is 11.7. The van der Waals surface area contributed by atoms with Crippen LogP contribution in [0.1, 0.15) is 58.9 Å². The molecule has 16 heteroatoms. The van der Waals surface area contributed by atoms with Gasteiger partial charge < -0.3 is 24.9 Å². The van der Waals surface area contributed by atoms with Gasteiger partial charge in [-0.15, -0.1) is 0 Å². The zero-order valence-corrected chi connectivity index (χ0v) is 25.8. The molecule has 10 nitrogen and oxygen atoms in total. The molecular weight excluding hydrogens is 638 g/mol. The Morgan fingerprint density at radius 2 is 1.34 bits per heavy atom. The van der Waals surface area contributed by atoms with E-state index in [1.165, 1.54) is 11.1 Å². The fourth-order valence-corrected chi connectivity index (χ4v) is 6.04. The Morgan fingerprint density at radius 3 is 1.85 bits per heavy atom. The molecule has 47 heavy (non-hydrogen) atoms. The number of piperidine rings is 1. The van der Waals surface area contributed by atoms with E-state index in [0.29, 0.717) is 12.1 Å². The summed E-state index contributed by atoms with van der Waals surface area (Å²) >= 11 is 0. The molecule has 0 bridgehead atoms. The van der Waals surface area contributed by atoms with E-state index in [-0.39, 0.29) is 23.1 Å². The molecule has 2 amide bonds. The number of benzene rings is 1. The van der Waals surface area contributed by atoms with Crippen molar-refractivity contribution < 1.29 is 55.7 Å². The number of aliphatic carboxylic acids is 2. The Hall–Kier alpha value is -4.21. The molecule has 5 rings (SSSR count). The highest BCUT2D eigenvalue weighted by Gasteiger charge is 2.46. The van der Waals surface area contributed by atoms with E-state index in [1.807, 2.05) is 34.9 Å². The van der Waals surface area contributed by atoms with Crippen LogP contribution in [0.25, 0.3) is 0 Å².